The molecule has 0 bridgehead atoms. The Morgan fingerprint density at radius 1 is 1.22 bits per heavy atom. The Kier molecular flexibility index (Phi) is 5.17. The van der Waals surface area contributed by atoms with Crippen molar-refractivity contribution in [2.75, 3.05) is 18.5 Å². The van der Waals surface area contributed by atoms with Gasteiger partial charge in [-0.1, -0.05) is 41.9 Å². The van der Waals surface area contributed by atoms with Crippen LogP contribution in [0.4, 0.5) is 5.69 Å². The summed E-state index contributed by atoms with van der Waals surface area (Å²) in [5.41, 5.74) is 2.62. The first-order valence-corrected chi connectivity index (χ1v) is 8.26. The number of ether oxygens (including phenoxy) is 1. The summed E-state index contributed by atoms with van der Waals surface area (Å²) in [5, 5.41) is 13.2. The third-order valence-electron chi connectivity index (χ3n) is 4.23. The van der Waals surface area contributed by atoms with Crippen molar-refractivity contribution in [1.82, 2.24) is 0 Å². The third kappa shape index (κ3) is 3.85. The molecule has 2 unspecified atom stereocenters. The lowest BCUT2D eigenvalue weighted by atomic mass is 9.89. The molecule has 1 aliphatic heterocycles. The largest absolute Gasteiger partial charge is 0.384 e. The SMILES string of the molecule is N#Cc1cc(Cl)ccc1NCC1CCCOC1c1ccccc1. The minimum absolute atomic E-state index is 0.107. The van der Waals surface area contributed by atoms with Gasteiger partial charge >= 0.3 is 0 Å². The highest BCUT2D eigenvalue weighted by atomic mass is 35.5. The lowest BCUT2D eigenvalue weighted by Gasteiger charge is -2.32. The Morgan fingerprint density at radius 3 is 2.83 bits per heavy atom. The summed E-state index contributed by atoms with van der Waals surface area (Å²) in [6.07, 6.45) is 2.29. The summed E-state index contributed by atoms with van der Waals surface area (Å²) < 4.78 is 6.01. The topological polar surface area (TPSA) is 45.0 Å². The van der Waals surface area contributed by atoms with E-state index in [1.807, 2.05) is 24.3 Å². The van der Waals surface area contributed by atoms with Crippen molar-refractivity contribution in [1.29, 1.82) is 5.26 Å². The molecule has 0 amide bonds. The fraction of sp³-hybridized carbons (Fsp3) is 0.316. The smallest absolute Gasteiger partial charge is 0.101 e. The highest BCUT2D eigenvalue weighted by Crippen LogP contribution is 2.34. The van der Waals surface area contributed by atoms with E-state index in [4.69, 9.17) is 16.3 Å². The van der Waals surface area contributed by atoms with E-state index in [1.165, 1.54) is 5.56 Å². The summed E-state index contributed by atoms with van der Waals surface area (Å²) in [4.78, 5) is 0. The highest BCUT2D eigenvalue weighted by molar-refractivity contribution is 6.30. The molecule has 1 N–H and O–H groups in total. The van der Waals surface area contributed by atoms with E-state index in [-0.39, 0.29) is 6.10 Å². The molecule has 0 radical (unpaired) electrons. The van der Waals surface area contributed by atoms with E-state index < -0.39 is 0 Å². The van der Waals surface area contributed by atoms with E-state index in [9.17, 15) is 5.26 Å². The van der Waals surface area contributed by atoms with Crippen LogP contribution >= 0.6 is 11.6 Å². The molecule has 1 fully saturated rings. The summed E-state index contributed by atoms with van der Waals surface area (Å²) in [5.74, 6) is 0.383. The number of halogens is 1. The Balaban J connectivity index is 1.72. The van der Waals surface area contributed by atoms with E-state index in [0.29, 0.717) is 16.5 Å². The maximum atomic E-state index is 9.24. The second-order valence-corrected chi connectivity index (χ2v) is 6.22. The van der Waals surface area contributed by atoms with Gasteiger partial charge in [-0.2, -0.15) is 5.26 Å². The van der Waals surface area contributed by atoms with Gasteiger partial charge in [-0.05, 0) is 36.6 Å². The number of hydrogen-bond acceptors (Lipinski definition) is 3. The van der Waals surface area contributed by atoms with Crippen molar-refractivity contribution < 1.29 is 4.74 Å². The molecule has 1 heterocycles. The van der Waals surface area contributed by atoms with Gasteiger partial charge in [0.25, 0.3) is 0 Å². The number of hydrogen-bond donors (Lipinski definition) is 1. The standard InChI is InChI=1S/C19H19ClN2O/c20-17-8-9-18(16(11-17)12-21)22-13-15-7-4-10-23-19(15)14-5-2-1-3-6-14/h1-3,5-6,8-9,11,15,19,22H,4,7,10,13H2. The molecule has 4 heteroatoms. The van der Waals surface area contributed by atoms with Crippen molar-refractivity contribution in [3.8, 4) is 6.07 Å². The van der Waals surface area contributed by atoms with Gasteiger partial charge in [0.1, 0.15) is 6.07 Å². The van der Waals surface area contributed by atoms with Gasteiger partial charge < -0.3 is 10.1 Å². The Labute approximate surface area is 141 Å². The van der Waals surface area contributed by atoms with Crippen LogP contribution in [0, 0.1) is 17.2 Å². The zero-order valence-electron chi connectivity index (χ0n) is 12.8. The van der Waals surface area contributed by atoms with Gasteiger partial charge in [0.15, 0.2) is 0 Å². The van der Waals surface area contributed by atoms with Gasteiger partial charge in [-0.15, -0.1) is 0 Å². The van der Waals surface area contributed by atoms with Gasteiger partial charge in [-0.25, -0.2) is 0 Å². The Morgan fingerprint density at radius 2 is 2.04 bits per heavy atom. The van der Waals surface area contributed by atoms with Crippen molar-refractivity contribution in [3.63, 3.8) is 0 Å². The van der Waals surface area contributed by atoms with Crippen LogP contribution in [0.25, 0.3) is 0 Å². The molecule has 1 aliphatic rings. The fourth-order valence-corrected chi connectivity index (χ4v) is 3.24. The molecule has 2 aromatic carbocycles. The molecule has 2 aromatic rings. The average Bonchev–Trinajstić information content (AvgIpc) is 2.61. The molecule has 23 heavy (non-hydrogen) atoms. The molecule has 118 valence electrons. The molecule has 0 aliphatic carbocycles. The minimum atomic E-state index is 0.107. The van der Waals surface area contributed by atoms with Crippen LogP contribution in [0.1, 0.15) is 30.1 Å². The molecule has 0 aromatic heterocycles. The second kappa shape index (κ2) is 7.50. The van der Waals surface area contributed by atoms with Gasteiger partial charge in [-0.3, -0.25) is 0 Å². The molecule has 2 atom stereocenters. The van der Waals surface area contributed by atoms with Crippen LogP contribution < -0.4 is 5.32 Å². The first-order chi connectivity index (χ1) is 11.3. The maximum absolute atomic E-state index is 9.24. The number of nitriles is 1. The number of nitrogens with one attached hydrogen (secondary N) is 1. The highest BCUT2D eigenvalue weighted by Gasteiger charge is 2.27. The lowest BCUT2D eigenvalue weighted by molar-refractivity contribution is -0.0238. The number of rotatable bonds is 4. The van der Waals surface area contributed by atoms with Crippen LogP contribution in [0.5, 0.6) is 0 Å². The predicted molar refractivity (Wildman–Crippen MR) is 92.5 cm³/mol. The summed E-state index contributed by atoms with van der Waals surface area (Å²) in [6, 6.07) is 17.9. The van der Waals surface area contributed by atoms with E-state index >= 15 is 0 Å². The maximum Gasteiger partial charge on any atom is 0.101 e. The zero-order chi connectivity index (χ0) is 16.1. The van der Waals surface area contributed by atoms with Gasteiger partial charge in [0.05, 0.1) is 17.4 Å². The first-order valence-electron chi connectivity index (χ1n) is 7.88. The molecular formula is C19H19ClN2O. The summed E-state index contributed by atoms with van der Waals surface area (Å²) >= 11 is 5.95. The van der Waals surface area contributed by atoms with Crippen LogP contribution in [0.15, 0.2) is 48.5 Å². The second-order valence-electron chi connectivity index (χ2n) is 5.79. The van der Waals surface area contributed by atoms with Crippen molar-refractivity contribution in [2.24, 2.45) is 5.92 Å². The zero-order valence-corrected chi connectivity index (χ0v) is 13.6. The quantitative estimate of drug-likeness (QED) is 0.878. The average molecular weight is 327 g/mol. The van der Waals surface area contributed by atoms with E-state index in [0.717, 1.165) is 31.7 Å². The number of benzene rings is 2. The monoisotopic (exact) mass is 326 g/mol. The van der Waals surface area contributed by atoms with Crippen molar-refractivity contribution in [3.05, 3.63) is 64.7 Å². The molecule has 3 nitrogen and oxygen atoms in total. The van der Waals surface area contributed by atoms with Gasteiger partial charge in [0, 0.05) is 24.1 Å². The summed E-state index contributed by atoms with van der Waals surface area (Å²) in [7, 11) is 0. The lowest BCUT2D eigenvalue weighted by Crippen LogP contribution is -2.28. The number of anilines is 1. The predicted octanol–water partition coefficient (Wildman–Crippen LogP) is 4.79. The van der Waals surface area contributed by atoms with Crippen LogP contribution in [0.2, 0.25) is 5.02 Å². The van der Waals surface area contributed by atoms with Crippen LogP contribution in [-0.2, 0) is 4.74 Å². The minimum Gasteiger partial charge on any atom is -0.384 e. The molecular weight excluding hydrogens is 308 g/mol. The third-order valence-corrected chi connectivity index (χ3v) is 4.46. The van der Waals surface area contributed by atoms with E-state index in [1.54, 1.807) is 12.1 Å². The molecule has 1 saturated heterocycles. The number of nitrogens with zero attached hydrogens (tertiary/aromatic N) is 1. The van der Waals surface area contributed by atoms with Crippen LogP contribution in [0.3, 0.4) is 0 Å². The van der Waals surface area contributed by atoms with E-state index in [2.05, 4.69) is 23.5 Å². The Hall–Kier alpha value is -2.02. The van der Waals surface area contributed by atoms with Crippen molar-refractivity contribution in [2.45, 2.75) is 18.9 Å². The Bertz CT molecular complexity index is 696. The molecule has 0 saturated carbocycles. The molecule has 0 spiro atoms. The first kappa shape index (κ1) is 15.9. The molecule has 3 rings (SSSR count). The van der Waals surface area contributed by atoms with Crippen LogP contribution in [-0.4, -0.2) is 13.2 Å². The van der Waals surface area contributed by atoms with Gasteiger partial charge in [0.2, 0.25) is 0 Å². The summed E-state index contributed by atoms with van der Waals surface area (Å²) in [6.45, 7) is 1.58. The normalized spacial score (nSPS) is 20.7. The van der Waals surface area contributed by atoms with Crippen molar-refractivity contribution >= 4 is 17.3 Å². The fourth-order valence-electron chi connectivity index (χ4n) is 3.07.